The van der Waals surface area contributed by atoms with Gasteiger partial charge in [-0.3, -0.25) is 4.90 Å². The molecule has 0 aromatic carbocycles. The predicted octanol–water partition coefficient (Wildman–Crippen LogP) is 1.54. The van der Waals surface area contributed by atoms with Gasteiger partial charge >= 0.3 is 0 Å². The van der Waals surface area contributed by atoms with Crippen LogP contribution in [0.1, 0.15) is 39.0 Å². The van der Waals surface area contributed by atoms with Crippen LogP contribution in [-0.2, 0) is 0 Å². The molecule has 0 aliphatic carbocycles. The highest BCUT2D eigenvalue weighted by Gasteiger charge is 2.20. The van der Waals surface area contributed by atoms with Crippen LogP contribution in [0.5, 0.6) is 0 Å². The van der Waals surface area contributed by atoms with E-state index in [0.29, 0.717) is 0 Å². The molecule has 2 atom stereocenters. The Balaban J connectivity index is 1.66. The van der Waals surface area contributed by atoms with Crippen molar-refractivity contribution in [2.75, 3.05) is 39.8 Å². The number of hydrogen-bond donors (Lipinski definition) is 1. The van der Waals surface area contributed by atoms with Gasteiger partial charge in [0, 0.05) is 18.6 Å². The molecule has 3 heteroatoms. The Labute approximate surface area is 107 Å². The first-order chi connectivity index (χ1) is 8.25. The average molecular weight is 239 g/mol. The molecule has 0 bridgehead atoms. The summed E-state index contributed by atoms with van der Waals surface area (Å²) in [5.41, 5.74) is 0. The van der Waals surface area contributed by atoms with Crippen molar-refractivity contribution in [1.29, 1.82) is 0 Å². The summed E-state index contributed by atoms with van der Waals surface area (Å²) < 4.78 is 0. The van der Waals surface area contributed by atoms with Crippen LogP contribution in [0.4, 0.5) is 0 Å². The minimum Gasteiger partial charge on any atom is -0.312 e. The molecule has 100 valence electrons. The van der Waals surface area contributed by atoms with Crippen molar-refractivity contribution >= 4 is 0 Å². The van der Waals surface area contributed by atoms with E-state index in [1.54, 1.807) is 0 Å². The van der Waals surface area contributed by atoms with Gasteiger partial charge in [0.25, 0.3) is 0 Å². The molecular weight excluding hydrogens is 210 g/mol. The predicted molar refractivity (Wildman–Crippen MR) is 73.4 cm³/mol. The lowest BCUT2D eigenvalue weighted by Gasteiger charge is -2.26. The molecule has 0 radical (unpaired) electrons. The quantitative estimate of drug-likeness (QED) is 0.803. The van der Waals surface area contributed by atoms with E-state index in [4.69, 9.17) is 0 Å². The second-order valence-corrected chi connectivity index (χ2v) is 5.93. The largest absolute Gasteiger partial charge is 0.312 e. The van der Waals surface area contributed by atoms with E-state index in [0.717, 1.165) is 12.1 Å². The summed E-state index contributed by atoms with van der Waals surface area (Å²) in [6.45, 7) is 8.72. The van der Waals surface area contributed by atoms with E-state index in [1.807, 2.05) is 0 Å². The fraction of sp³-hybridized carbons (Fsp3) is 1.00. The highest BCUT2D eigenvalue weighted by Crippen LogP contribution is 2.13. The highest BCUT2D eigenvalue weighted by molar-refractivity contribution is 4.78. The summed E-state index contributed by atoms with van der Waals surface area (Å²) in [6.07, 6.45) is 6.84. The van der Waals surface area contributed by atoms with E-state index < -0.39 is 0 Å². The normalized spacial score (nSPS) is 30.4. The van der Waals surface area contributed by atoms with Crippen molar-refractivity contribution in [3.63, 3.8) is 0 Å². The standard InChI is InChI=1S/C14H29N3/c1-13(17-9-3-4-10-17)12-15-14-6-5-8-16(2)11-7-14/h13-15H,3-12H2,1-2H3. The summed E-state index contributed by atoms with van der Waals surface area (Å²) >= 11 is 0. The summed E-state index contributed by atoms with van der Waals surface area (Å²) in [5, 5.41) is 3.79. The first kappa shape index (κ1) is 13.3. The average Bonchev–Trinajstić information content (AvgIpc) is 2.78. The molecule has 0 aromatic rings. The molecule has 2 unspecified atom stereocenters. The zero-order valence-electron chi connectivity index (χ0n) is 11.6. The lowest BCUT2D eigenvalue weighted by molar-refractivity contribution is 0.242. The number of nitrogens with zero attached hydrogens (tertiary/aromatic N) is 2. The van der Waals surface area contributed by atoms with Crippen LogP contribution >= 0.6 is 0 Å². The van der Waals surface area contributed by atoms with Crippen LogP contribution in [0.25, 0.3) is 0 Å². The van der Waals surface area contributed by atoms with Gasteiger partial charge < -0.3 is 10.2 Å². The second kappa shape index (κ2) is 6.72. The van der Waals surface area contributed by atoms with Crippen molar-refractivity contribution < 1.29 is 0 Å². The van der Waals surface area contributed by atoms with E-state index in [2.05, 4.69) is 29.1 Å². The van der Waals surface area contributed by atoms with Crippen molar-refractivity contribution in [2.24, 2.45) is 0 Å². The van der Waals surface area contributed by atoms with Crippen LogP contribution in [0, 0.1) is 0 Å². The Hall–Kier alpha value is -0.120. The molecule has 2 aliphatic rings. The van der Waals surface area contributed by atoms with Crippen LogP contribution in [-0.4, -0.2) is 61.7 Å². The van der Waals surface area contributed by atoms with Gasteiger partial charge in [0.15, 0.2) is 0 Å². The smallest absolute Gasteiger partial charge is 0.0192 e. The van der Waals surface area contributed by atoms with E-state index >= 15 is 0 Å². The van der Waals surface area contributed by atoms with Crippen molar-refractivity contribution in [1.82, 2.24) is 15.1 Å². The molecule has 2 aliphatic heterocycles. The van der Waals surface area contributed by atoms with Gasteiger partial charge in [-0.15, -0.1) is 0 Å². The number of likely N-dealkylation sites (tertiary alicyclic amines) is 2. The molecule has 1 N–H and O–H groups in total. The molecule has 2 saturated heterocycles. The van der Waals surface area contributed by atoms with Gasteiger partial charge in [0.2, 0.25) is 0 Å². The highest BCUT2D eigenvalue weighted by atomic mass is 15.2. The maximum absolute atomic E-state index is 3.79. The summed E-state index contributed by atoms with van der Waals surface area (Å²) in [6, 6.07) is 1.48. The number of nitrogens with one attached hydrogen (secondary N) is 1. The first-order valence-corrected chi connectivity index (χ1v) is 7.41. The van der Waals surface area contributed by atoms with Crippen molar-refractivity contribution in [2.45, 2.75) is 51.1 Å². The number of hydrogen-bond acceptors (Lipinski definition) is 3. The fourth-order valence-corrected chi connectivity index (χ4v) is 3.09. The van der Waals surface area contributed by atoms with Crippen molar-refractivity contribution in [3.8, 4) is 0 Å². The first-order valence-electron chi connectivity index (χ1n) is 7.41. The fourth-order valence-electron chi connectivity index (χ4n) is 3.09. The van der Waals surface area contributed by atoms with Gasteiger partial charge in [-0.05, 0) is 72.3 Å². The Morgan fingerprint density at radius 2 is 1.82 bits per heavy atom. The third kappa shape index (κ3) is 4.23. The minimum absolute atomic E-state index is 0.721. The molecule has 2 rings (SSSR count). The number of rotatable bonds is 4. The molecule has 2 heterocycles. The van der Waals surface area contributed by atoms with Gasteiger partial charge in [0.1, 0.15) is 0 Å². The van der Waals surface area contributed by atoms with Crippen LogP contribution in [0.2, 0.25) is 0 Å². The lowest BCUT2D eigenvalue weighted by Crippen LogP contribution is -2.42. The van der Waals surface area contributed by atoms with Gasteiger partial charge in [-0.2, -0.15) is 0 Å². The van der Waals surface area contributed by atoms with Gasteiger partial charge in [-0.1, -0.05) is 0 Å². The monoisotopic (exact) mass is 239 g/mol. The topological polar surface area (TPSA) is 18.5 Å². The molecule has 0 spiro atoms. The molecule has 3 nitrogen and oxygen atoms in total. The molecule has 0 aromatic heterocycles. The third-order valence-corrected chi connectivity index (χ3v) is 4.42. The zero-order chi connectivity index (χ0) is 12.1. The third-order valence-electron chi connectivity index (χ3n) is 4.42. The molecule has 0 amide bonds. The molecule has 17 heavy (non-hydrogen) atoms. The Bertz CT molecular complexity index is 214. The van der Waals surface area contributed by atoms with Crippen molar-refractivity contribution in [3.05, 3.63) is 0 Å². The van der Waals surface area contributed by atoms with E-state index in [9.17, 15) is 0 Å². The Morgan fingerprint density at radius 1 is 1.06 bits per heavy atom. The molecule has 0 saturated carbocycles. The second-order valence-electron chi connectivity index (χ2n) is 5.93. The van der Waals surface area contributed by atoms with E-state index in [-0.39, 0.29) is 0 Å². The van der Waals surface area contributed by atoms with Crippen LogP contribution < -0.4 is 5.32 Å². The maximum atomic E-state index is 3.79. The van der Waals surface area contributed by atoms with Crippen LogP contribution in [0.3, 0.4) is 0 Å². The summed E-state index contributed by atoms with van der Waals surface area (Å²) in [5.74, 6) is 0. The minimum atomic E-state index is 0.721. The van der Waals surface area contributed by atoms with Gasteiger partial charge in [-0.25, -0.2) is 0 Å². The van der Waals surface area contributed by atoms with E-state index in [1.165, 1.54) is 64.8 Å². The maximum Gasteiger partial charge on any atom is 0.0192 e. The molecule has 2 fully saturated rings. The zero-order valence-corrected chi connectivity index (χ0v) is 11.6. The summed E-state index contributed by atoms with van der Waals surface area (Å²) in [7, 11) is 2.25. The Morgan fingerprint density at radius 3 is 2.59 bits per heavy atom. The summed E-state index contributed by atoms with van der Waals surface area (Å²) in [4.78, 5) is 5.10. The van der Waals surface area contributed by atoms with Gasteiger partial charge in [0.05, 0.1) is 0 Å². The SMILES string of the molecule is CC(CNC1CCCN(C)CC1)N1CCCC1. The Kier molecular flexibility index (Phi) is 5.26. The molecular formula is C14H29N3. The lowest BCUT2D eigenvalue weighted by atomic mass is 10.1. The van der Waals surface area contributed by atoms with Crippen LogP contribution in [0.15, 0.2) is 0 Å².